The van der Waals surface area contributed by atoms with Crippen LogP contribution in [-0.2, 0) is 0 Å². The molecule has 0 amide bonds. The quantitative estimate of drug-likeness (QED) is 0.889. The molecule has 0 spiro atoms. The van der Waals surface area contributed by atoms with E-state index in [9.17, 15) is 0 Å². The second kappa shape index (κ2) is 5.90. The van der Waals surface area contributed by atoms with Crippen molar-refractivity contribution in [1.82, 2.24) is 5.32 Å². The maximum atomic E-state index is 5.82. The van der Waals surface area contributed by atoms with Crippen LogP contribution in [-0.4, -0.2) is 13.2 Å². The lowest BCUT2D eigenvalue weighted by molar-refractivity contribution is 0.303. The summed E-state index contributed by atoms with van der Waals surface area (Å²) in [4.78, 5) is 0. The topological polar surface area (TPSA) is 21.3 Å². The minimum atomic E-state index is 0.221. The molecule has 1 saturated carbocycles. The first kappa shape index (κ1) is 14.2. The van der Waals surface area contributed by atoms with Gasteiger partial charge in [0.05, 0.1) is 12.1 Å². The molecule has 1 aliphatic rings. The molecule has 3 rings (SSSR count). The first-order chi connectivity index (χ1) is 10.2. The predicted octanol–water partition coefficient (Wildman–Crippen LogP) is 4.15. The van der Waals surface area contributed by atoms with Gasteiger partial charge in [-0.1, -0.05) is 41.5 Å². The molecule has 2 nitrogen and oxygen atoms in total. The van der Waals surface area contributed by atoms with Gasteiger partial charge >= 0.3 is 0 Å². The first-order valence-corrected chi connectivity index (χ1v) is 7.68. The highest BCUT2D eigenvalue weighted by Crippen LogP contribution is 2.29. The van der Waals surface area contributed by atoms with Crippen LogP contribution in [0.25, 0.3) is 0 Å². The predicted molar refractivity (Wildman–Crippen MR) is 86.9 cm³/mol. The molecule has 0 heterocycles. The van der Waals surface area contributed by atoms with Crippen LogP contribution in [0.1, 0.15) is 41.1 Å². The lowest BCUT2D eigenvalue weighted by Gasteiger charge is -2.19. The third-order valence-corrected chi connectivity index (χ3v) is 3.91. The van der Waals surface area contributed by atoms with E-state index in [2.05, 4.69) is 61.6 Å². The zero-order valence-corrected chi connectivity index (χ0v) is 13.0. The van der Waals surface area contributed by atoms with Crippen molar-refractivity contribution in [2.45, 2.75) is 38.8 Å². The van der Waals surface area contributed by atoms with Crippen LogP contribution < -0.4 is 10.1 Å². The summed E-state index contributed by atoms with van der Waals surface area (Å²) in [6.07, 6.45) is 2.85. The van der Waals surface area contributed by atoms with Crippen LogP contribution in [0.4, 0.5) is 0 Å². The van der Waals surface area contributed by atoms with Gasteiger partial charge in [-0.3, -0.25) is 0 Å². The van der Waals surface area contributed by atoms with E-state index in [1.54, 1.807) is 0 Å². The van der Waals surface area contributed by atoms with Gasteiger partial charge < -0.3 is 10.1 Å². The average Bonchev–Trinajstić information content (AvgIpc) is 3.24. The number of nitrogens with one attached hydrogen (secondary N) is 1. The monoisotopic (exact) mass is 281 g/mol. The van der Waals surface area contributed by atoms with Crippen molar-refractivity contribution in [2.75, 3.05) is 7.05 Å². The Labute approximate surface area is 127 Å². The summed E-state index contributed by atoms with van der Waals surface area (Å²) < 4.78 is 5.82. The Balaban J connectivity index is 1.84. The van der Waals surface area contributed by atoms with Crippen molar-refractivity contribution in [1.29, 1.82) is 0 Å². The van der Waals surface area contributed by atoms with E-state index in [1.165, 1.54) is 35.1 Å². The number of hydrogen-bond acceptors (Lipinski definition) is 2. The van der Waals surface area contributed by atoms with Gasteiger partial charge in [0.2, 0.25) is 0 Å². The highest BCUT2D eigenvalue weighted by molar-refractivity contribution is 5.38. The minimum absolute atomic E-state index is 0.221. The molecule has 0 aromatic heterocycles. The smallest absolute Gasteiger partial charge is 0.119 e. The van der Waals surface area contributed by atoms with Gasteiger partial charge in [0, 0.05) is 0 Å². The molecule has 0 bridgehead atoms. The maximum Gasteiger partial charge on any atom is 0.119 e. The van der Waals surface area contributed by atoms with Crippen LogP contribution in [0.2, 0.25) is 0 Å². The largest absolute Gasteiger partial charge is 0.490 e. The number of aryl methyl sites for hydroxylation is 2. The molecule has 0 radical (unpaired) electrons. The number of benzene rings is 2. The molecule has 1 N–H and O–H groups in total. The Kier molecular flexibility index (Phi) is 3.98. The van der Waals surface area contributed by atoms with Crippen LogP contribution in [0.3, 0.4) is 0 Å². The lowest BCUT2D eigenvalue weighted by atomic mass is 9.96. The zero-order chi connectivity index (χ0) is 14.8. The van der Waals surface area contributed by atoms with E-state index in [0.29, 0.717) is 6.10 Å². The molecule has 2 heteroatoms. The molecule has 21 heavy (non-hydrogen) atoms. The van der Waals surface area contributed by atoms with Gasteiger partial charge in [-0.2, -0.15) is 0 Å². The van der Waals surface area contributed by atoms with Gasteiger partial charge in [-0.15, -0.1) is 0 Å². The molecular weight excluding hydrogens is 258 g/mol. The summed E-state index contributed by atoms with van der Waals surface area (Å²) in [6, 6.07) is 15.4. The Bertz CT molecular complexity index is 594. The molecular formula is C19H23NO. The third kappa shape index (κ3) is 3.45. The molecule has 1 fully saturated rings. The highest BCUT2D eigenvalue weighted by Gasteiger charge is 2.23. The van der Waals surface area contributed by atoms with Crippen molar-refractivity contribution in [3.63, 3.8) is 0 Å². The SMILES string of the molecule is CNC(c1ccc(OC2CC2)cc1)c1cc(C)cc(C)c1. The summed E-state index contributed by atoms with van der Waals surface area (Å²) in [7, 11) is 2.01. The van der Waals surface area contributed by atoms with E-state index in [4.69, 9.17) is 4.74 Å². The van der Waals surface area contributed by atoms with Crippen molar-refractivity contribution in [2.24, 2.45) is 0 Å². The Morgan fingerprint density at radius 2 is 1.57 bits per heavy atom. The van der Waals surface area contributed by atoms with Crippen LogP contribution in [0.15, 0.2) is 42.5 Å². The van der Waals surface area contributed by atoms with Crippen molar-refractivity contribution >= 4 is 0 Å². The van der Waals surface area contributed by atoms with Gasteiger partial charge in [0.25, 0.3) is 0 Å². The molecule has 0 aliphatic heterocycles. The van der Waals surface area contributed by atoms with E-state index in [-0.39, 0.29) is 6.04 Å². The van der Waals surface area contributed by atoms with Gasteiger partial charge in [-0.25, -0.2) is 0 Å². The van der Waals surface area contributed by atoms with Crippen LogP contribution in [0, 0.1) is 13.8 Å². The fourth-order valence-corrected chi connectivity index (χ4v) is 2.82. The molecule has 1 atom stereocenters. The van der Waals surface area contributed by atoms with Gasteiger partial charge in [-0.05, 0) is 57.0 Å². The average molecular weight is 281 g/mol. The first-order valence-electron chi connectivity index (χ1n) is 7.68. The molecule has 0 saturated heterocycles. The summed E-state index contributed by atoms with van der Waals surface area (Å²) in [5.74, 6) is 0.983. The molecule has 110 valence electrons. The third-order valence-electron chi connectivity index (χ3n) is 3.91. The van der Waals surface area contributed by atoms with E-state index in [0.717, 1.165) is 5.75 Å². The highest BCUT2D eigenvalue weighted by atomic mass is 16.5. The van der Waals surface area contributed by atoms with Gasteiger partial charge in [0.15, 0.2) is 0 Å². The second-order valence-electron chi connectivity index (χ2n) is 6.03. The zero-order valence-electron chi connectivity index (χ0n) is 13.0. The van der Waals surface area contributed by atoms with E-state index >= 15 is 0 Å². The second-order valence-corrected chi connectivity index (χ2v) is 6.03. The fraction of sp³-hybridized carbons (Fsp3) is 0.368. The number of ether oxygens (including phenoxy) is 1. The van der Waals surface area contributed by atoms with Crippen molar-refractivity contribution in [3.8, 4) is 5.75 Å². The van der Waals surface area contributed by atoms with Gasteiger partial charge in [0.1, 0.15) is 5.75 Å². The summed E-state index contributed by atoms with van der Waals surface area (Å²) in [6.45, 7) is 4.30. The van der Waals surface area contributed by atoms with Crippen LogP contribution >= 0.6 is 0 Å². The lowest BCUT2D eigenvalue weighted by Crippen LogP contribution is -2.17. The molecule has 1 aliphatic carbocycles. The van der Waals surface area contributed by atoms with Crippen LogP contribution in [0.5, 0.6) is 5.75 Å². The Hall–Kier alpha value is -1.80. The Morgan fingerprint density at radius 3 is 2.10 bits per heavy atom. The molecule has 2 aromatic rings. The standard InChI is InChI=1S/C19H23NO/c1-13-10-14(2)12-16(11-13)19(20-3)15-4-6-17(7-5-15)21-18-8-9-18/h4-7,10-12,18-20H,8-9H2,1-3H3. The normalized spacial score (nSPS) is 15.8. The summed E-state index contributed by atoms with van der Waals surface area (Å²) in [5.41, 5.74) is 5.19. The number of rotatable bonds is 5. The Morgan fingerprint density at radius 1 is 0.952 bits per heavy atom. The summed E-state index contributed by atoms with van der Waals surface area (Å²) in [5, 5.41) is 3.42. The van der Waals surface area contributed by atoms with E-state index in [1.807, 2.05) is 7.05 Å². The molecule has 1 unspecified atom stereocenters. The number of hydrogen-bond donors (Lipinski definition) is 1. The fourth-order valence-electron chi connectivity index (χ4n) is 2.82. The maximum absolute atomic E-state index is 5.82. The summed E-state index contributed by atoms with van der Waals surface area (Å²) >= 11 is 0. The van der Waals surface area contributed by atoms with Crippen molar-refractivity contribution in [3.05, 3.63) is 64.7 Å². The van der Waals surface area contributed by atoms with E-state index < -0.39 is 0 Å². The van der Waals surface area contributed by atoms with Crippen molar-refractivity contribution < 1.29 is 4.74 Å². The minimum Gasteiger partial charge on any atom is -0.490 e. The molecule has 2 aromatic carbocycles.